The number of halogens is 3. The van der Waals surface area contributed by atoms with Gasteiger partial charge in [-0.2, -0.15) is 0 Å². The minimum absolute atomic E-state index is 0.246. The van der Waals surface area contributed by atoms with Crippen LogP contribution in [0.4, 0.5) is 13.2 Å². The molecular weight excluding hydrogens is 453 g/mol. The maximum Gasteiger partial charge on any atom is 0.573 e. The molecule has 0 unspecified atom stereocenters. The van der Waals surface area contributed by atoms with Gasteiger partial charge in [0.05, 0.1) is 21.4 Å². The summed E-state index contributed by atoms with van der Waals surface area (Å²) in [6, 6.07) is 11.6. The van der Waals surface area contributed by atoms with E-state index in [1.54, 1.807) is 30.3 Å². The summed E-state index contributed by atoms with van der Waals surface area (Å²) in [5.74, 6) is 2.45. The van der Waals surface area contributed by atoms with Crippen LogP contribution in [0, 0.1) is 11.8 Å². The summed E-state index contributed by atoms with van der Waals surface area (Å²) in [7, 11) is -4.60. The van der Waals surface area contributed by atoms with Crippen LogP contribution in [0.5, 0.6) is 11.5 Å². The summed E-state index contributed by atoms with van der Waals surface area (Å²) in [5.41, 5.74) is -0.884. The van der Waals surface area contributed by atoms with Gasteiger partial charge in [-0.25, -0.2) is 13.2 Å². The zero-order valence-corrected chi connectivity index (χ0v) is 17.7. The molecule has 0 radical (unpaired) electrons. The lowest BCUT2D eigenvalue weighted by molar-refractivity contribution is -0.275. The van der Waals surface area contributed by atoms with Crippen molar-refractivity contribution in [3.8, 4) is 23.3 Å². The van der Waals surface area contributed by atoms with Crippen molar-refractivity contribution in [2.45, 2.75) is 25.8 Å². The van der Waals surface area contributed by atoms with Crippen LogP contribution in [0.15, 0.2) is 48.5 Å². The van der Waals surface area contributed by atoms with E-state index in [1.807, 2.05) is 0 Å². The fourth-order valence-corrected chi connectivity index (χ4v) is 2.58. The molecule has 0 bridgehead atoms. The highest BCUT2D eigenvalue weighted by atomic mass is 32.2. The lowest BCUT2D eigenvalue weighted by Gasteiger charge is -2.23. The zero-order valence-electron chi connectivity index (χ0n) is 16.9. The largest absolute Gasteiger partial charge is 0.748 e. The topological polar surface area (TPSA) is 102 Å². The normalized spacial score (nSPS) is 11.8. The monoisotopic (exact) mass is 471 g/mol. The summed E-state index contributed by atoms with van der Waals surface area (Å²) in [6.45, 7) is 2.30. The Kier molecular flexibility index (Phi) is 7.77. The zero-order chi connectivity index (χ0) is 24.0. The van der Waals surface area contributed by atoms with Crippen LogP contribution < -0.4 is 9.47 Å². The second kappa shape index (κ2) is 9.93. The molecule has 2 rings (SSSR count). The fourth-order valence-electron chi connectivity index (χ4n) is 2.29. The summed E-state index contributed by atoms with van der Waals surface area (Å²) in [6.07, 6.45) is -5.03. The van der Waals surface area contributed by atoms with E-state index in [0.29, 0.717) is 5.56 Å². The van der Waals surface area contributed by atoms with Crippen LogP contribution in [0.1, 0.15) is 29.8 Å². The first-order valence-corrected chi connectivity index (χ1v) is 10.6. The van der Waals surface area contributed by atoms with Crippen molar-refractivity contribution in [2.24, 2.45) is 0 Å². The summed E-state index contributed by atoms with van der Waals surface area (Å²) >= 11 is 0. The molecule has 172 valence electrons. The number of carbonyl (C=O) groups is 1. The molecule has 11 heteroatoms. The Labute approximate surface area is 182 Å². The van der Waals surface area contributed by atoms with Gasteiger partial charge in [0.25, 0.3) is 0 Å². The number of hydrogen-bond acceptors (Lipinski definition) is 7. The van der Waals surface area contributed by atoms with Crippen LogP contribution in [0.25, 0.3) is 0 Å². The number of carbonyl (C=O) groups excluding carboxylic acids is 1. The standard InChI is InChI=1S/C21H19F3O7S/c1-20(2,11-10-15-6-4-3-5-7-15)30-18-14-16(8-9-17(18)31-21(22,23)24)19(25)29-12-13-32(26,27)28/h3-9,14H,12-13H2,1-2H3,(H,26,27,28)/p-1. The molecular formula is C21H18F3O7S-. The van der Waals surface area contributed by atoms with Gasteiger partial charge < -0.3 is 18.8 Å². The highest BCUT2D eigenvalue weighted by Gasteiger charge is 2.33. The first kappa shape index (κ1) is 25.0. The van der Waals surface area contributed by atoms with Crippen molar-refractivity contribution in [2.75, 3.05) is 12.4 Å². The van der Waals surface area contributed by atoms with E-state index in [9.17, 15) is 30.9 Å². The van der Waals surface area contributed by atoms with Crippen LogP contribution in [-0.2, 0) is 14.9 Å². The number of ether oxygens (including phenoxy) is 3. The number of rotatable bonds is 7. The van der Waals surface area contributed by atoms with Crippen molar-refractivity contribution in [3.63, 3.8) is 0 Å². The third kappa shape index (κ3) is 8.87. The molecule has 2 aromatic carbocycles. The molecule has 32 heavy (non-hydrogen) atoms. The molecule has 0 saturated carbocycles. The molecule has 0 saturated heterocycles. The molecule has 0 N–H and O–H groups in total. The molecule has 0 aliphatic carbocycles. The van der Waals surface area contributed by atoms with Crippen LogP contribution in [0.3, 0.4) is 0 Å². The van der Waals surface area contributed by atoms with E-state index in [2.05, 4.69) is 21.3 Å². The highest BCUT2D eigenvalue weighted by molar-refractivity contribution is 7.85. The Morgan fingerprint density at radius 2 is 1.69 bits per heavy atom. The van der Waals surface area contributed by atoms with Gasteiger partial charge in [-0.1, -0.05) is 30.0 Å². The van der Waals surface area contributed by atoms with Crippen molar-refractivity contribution in [3.05, 3.63) is 59.7 Å². The predicted molar refractivity (Wildman–Crippen MR) is 106 cm³/mol. The maximum absolute atomic E-state index is 12.8. The van der Waals surface area contributed by atoms with Gasteiger partial charge in [0.2, 0.25) is 0 Å². The van der Waals surface area contributed by atoms with Crippen molar-refractivity contribution in [1.82, 2.24) is 0 Å². The first-order valence-electron chi connectivity index (χ1n) is 9.02. The van der Waals surface area contributed by atoms with E-state index < -0.39 is 51.9 Å². The van der Waals surface area contributed by atoms with Gasteiger partial charge in [0, 0.05) is 5.56 Å². The molecule has 7 nitrogen and oxygen atoms in total. The molecule has 0 spiro atoms. The average Bonchev–Trinajstić information content (AvgIpc) is 2.66. The Bertz CT molecular complexity index is 1120. The van der Waals surface area contributed by atoms with Crippen LogP contribution in [0.2, 0.25) is 0 Å². The van der Waals surface area contributed by atoms with Gasteiger partial charge in [-0.3, -0.25) is 0 Å². The average molecular weight is 471 g/mol. The Morgan fingerprint density at radius 1 is 1.03 bits per heavy atom. The molecule has 0 aromatic heterocycles. The van der Waals surface area contributed by atoms with E-state index in [4.69, 9.17) is 4.74 Å². The smallest absolute Gasteiger partial charge is 0.573 e. The van der Waals surface area contributed by atoms with E-state index in [1.165, 1.54) is 13.8 Å². The van der Waals surface area contributed by atoms with Gasteiger partial charge in [0.1, 0.15) is 6.61 Å². The molecule has 2 aromatic rings. The van der Waals surface area contributed by atoms with Gasteiger partial charge in [-0.05, 0) is 44.2 Å². The number of esters is 1. The molecule has 0 amide bonds. The second-order valence-corrected chi connectivity index (χ2v) is 8.36. The van der Waals surface area contributed by atoms with Crippen molar-refractivity contribution in [1.29, 1.82) is 0 Å². The molecule has 0 heterocycles. The Balaban J connectivity index is 2.29. The minimum Gasteiger partial charge on any atom is -0.748 e. The van der Waals surface area contributed by atoms with Crippen LogP contribution >= 0.6 is 0 Å². The molecule has 0 aliphatic heterocycles. The number of benzene rings is 2. The summed E-state index contributed by atoms with van der Waals surface area (Å²) < 4.78 is 84.4. The van der Waals surface area contributed by atoms with Gasteiger partial charge in [-0.15, -0.1) is 13.2 Å². The van der Waals surface area contributed by atoms with Gasteiger partial charge in [0.15, 0.2) is 17.1 Å². The third-order valence-electron chi connectivity index (χ3n) is 3.62. The Hall–Kier alpha value is -3.23. The highest BCUT2D eigenvalue weighted by Crippen LogP contribution is 2.35. The van der Waals surface area contributed by atoms with Crippen LogP contribution in [-0.4, -0.2) is 43.3 Å². The summed E-state index contributed by atoms with van der Waals surface area (Å²) in [4.78, 5) is 12.1. The van der Waals surface area contributed by atoms with E-state index >= 15 is 0 Å². The van der Waals surface area contributed by atoms with E-state index in [0.717, 1.165) is 18.2 Å². The first-order chi connectivity index (χ1) is 14.7. The number of hydrogen-bond donors (Lipinski definition) is 0. The third-order valence-corrected chi connectivity index (χ3v) is 4.29. The fraction of sp³-hybridized carbons (Fsp3) is 0.286. The lowest BCUT2D eigenvalue weighted by atomic mass is 10.1. The minimum atomic E-state index is -5.03. The summed E-state index contributed by atoms with van der Waals surface area (Å²) in [5, 5.41) is 0. The lowest BCUT2D eigenvalue weighted by Crippen LogP contribution is -2.27. The molecule has 0 fully saturated rings. The quantitative estimate of drug-likeness (QED) is 0.346. The van der Waals surface area contributed by atoms with E-state index in [-0.39, 0.29) is 5.56 Å². The maximum atomic E-state index is 12.8. The van der Waals surface area contributed by atoms with Crippen molar-refractivity contribution >= 4 is 16.1 Å². The second-order valence-electron chi connectivity index (χ2n) is 6.84. The molecule has 0 aliphatic rings. The Morgan fingerprint density at radius 3 is 2.28 bits per heavy atom. The SMILES string of the molecule is CC(C)(C#Cc1ccccc1)Oc1cc(C(=O)OCCS(=O)(=O)[O-])ccc1OC(F)(F)F. The predicted octanol–water partition coefficient (Wildman–Crippen LogP) is 3.50. The van der Waals surface area contributed by atoms with Crippen molar-refractivity contribution < 1.29 is 45.1 Å². The van der Waals surface area contributed by atoms with Gasteiger partial charge >= 0.3 is 12.3 Å². The molecule has 0 atom stereocenters. The number of alkyl halides is 3.